The van der Waals surface area contributed by atoms with Gasteiger partial charge in [-0.3, -0.25) is 9.35 Å². The molecule has 0 saturated heterocycles. The van der Waals surface area contributed by atoms with Gasteiger partial charge in [0.2, 0.25) is 0 Å². The van der Waals surface area contributed by atoms with E-state index in [1.807, 2.05) is 0 Å². The summed E-state index contributed by atoms with van der Waals surface area (Å²) in [6.07, 6.45) is -1.02. The lowest BCUT2D eigenvalue weighted by Gasteiger charge is -2.11. The first kappa shape index (κ1) is 12.3. The molecule has 0 amide bonds. The number of carbonyl (C=O) groups excluding carboxylic acids is 1. The van der Waals surface area contributed by atoms with Crippen LogP contribution in [0.1, 0.15) is 20.3 Å². The molecule has 0 aromatic heterocycles. The molecule has 0 aromatic carbocycles. The molecule has 1 N–H and O–H groups in total. The average molecular weight is 208 g/mol. The quantitative estimate of drug-likeness (QED) is 0.532. The molecule has 0 aromatic rings. The van der Waals surface area contributed by atoms with Crippen molar-refractivity contribution in [3.05, 3.63) is 12.2 Å². The zero-order chi connectivity index (χ0) is 10.6. The summed E-state index contributed by atoms with van der Waals surface area (Å²) in [5.74, 6) is -0.528. The first-order chi connectivity index (χ1) is 5.78. The van der Waals surface area contributed by atoms with Crippen molar-refractivity contribution < 1.29 is 21.9 Å². The lowest BCUT2D eigenvalue weighted by Crippen LogP contribution is -2.26. The van der Waals surface area contributed by atoms with Gasteiger partial charge in [0, 0.05) is 0 Å². The fraction of sp³-hybridized carbons (Fsp3) is 0.571. The molecule has 76 valence electrons. The molecule has 0 fully saturated rings. The Morgan fingerprint density at radius 2 is 2.08 bits per heavy atom. The van der Waals surface area contributed by atoms with E-state index in [2.05, 4.69) is 10.8 Å². The lowest BCUT2D eigenvalue weighted by atomic mass is 10.1. The molecule has 5 nitrogen and oxygen atoms in total. The molecule has 0 bridgehead atoms. The normalized spacial score (nSPS) is 13.8. The Morgan fingerprint density at radius 1 is 1.62 bits per heavy atom. The molecule has 0 radical (unpaired) electrons. The van der Waals surface area contributed by atoms with Gasteiger partial charge in [-0.2, -0.15) is 8.42 Å². The Balaban J connectivity index is 4.54. The van der Waals surface area contributed by atoms with Gasteiger partial charge in [0.1, 0.15) is 6.10 Å². The highest BCUT2D eigenvalue weighted by atomic mass is 32.3. The van der Waals surface area contributed by atoms with Crippen LogP contribution in [-0.2, 0) is 19.4 Å². The minimum atomic E-state index is -4.58. The molecule has 13 heavy (non-hydrogen) atoms. The van der Waals surface area contributed by atoms with Crippen molar-refractivity contribution in [3.63, 3.8) is 0 Å². The Bertz CT molecular complexity index is 303. The predicted octanol–water partition coefficient (Wildman–Crippen LogP) is 0.730. The van der Waals surface area contributed by atoms with Crippen molar-refractivity contribution in [1.82, 2.24) is 0 Å². The van der Waals surface area contributed by atoms with Gasteiger partial charge in [-0.05, 0) is 18.9 Å². The van der Waals surface area contributed by atoms with Gasteiger partial charge in [0.15, 0.2) is 5.78 Å². The van der Waals surface area contributed by atoms with E-state index in [4.69, 9.17) is 4.55 Å². The van der Waals surface area contributed by atoms with Crippen LogP contribution >= 0.6 is 0 Å². The molecule has 1 atom stereocenters. The summed E-state index contributed by atoms with van der Waals surface area (Å²) in [4.78, 5) is 11.2. The van der Waals surface area contributed by atoms with Crippen LogP contribution in [0.15, 0.2) is 12.2 Å². The Labute approximate surface area is 77.4 Å². The predicted molar refractivity (Wildman–Crippen MR) is 46.5 cm³/mol. The van der Waals surface area contributed by atoms with Gasteiger partial charge >= 0.3 is 10.4 Å². The number of rotatable bonds is 5. The second-order valence-electron chi connectivity index (χ2n) is 2.57. The Morgan fingerprint density at radius 3 is 2.31 bits per heavy atom. The van der Waals surface area contributed by atoms with Gasteiger partial charge in [0.05, 0.1) is 0 Å². The maximum absolute atomic E-state index is 11.2. The highest BCUT2D eigenvalue weighted by molar-refractivity contribution is 7.80. The second kappa shape index (κ2) is 4.50. The molecule has 1 unspecified atom stereocenters. The van der Waals surface area contributed by atoms with E-state index in [0.717, 1.165) is 0 Å². The van der Waals surface area contributed by atoms with Crippen LogP contribution in [0.2, 0.25) is 0 Å². The fourth-order valence-electron chi connectivity index (χ4n) is 0.719. The van der Waals surface area contributed by atoms with Gasteiger partial charge in [-0.15, -0.1) is 0 Å². The van der Waals surface area contributed by atoms with Gasteiger partial charge in [-0.25, -0.2) is 4.18 Å². The minimum Gasteiger partial charge on any atom is -0.292 e. The summed E-state index contributed by atoms with van der Waals surface area (Å²) in [5.41, 5.74) is 0.190. The zero-order valence-electron chi connectivity index (χ0n) is 7.48. The molecular weight excluding hydrogens is 196 g/mol. The van der Waals surface area contributed by atoms with Crippen LogP contribution in [0.5, 0.6) is 0 Å². The highest BCUT2D eigenvalue weighted by Gasteiger charge is 2.23. The molecular formula is C7H12O5S. The van der Waals surface area contributed by atoms with E-state index in [1.165, 1.54) is 6.92 Å². The average Bonchev–Trinajstić information content (AvgIpc) is 1.97. The summed E-state index contributed by atoms with van der Waals surface area (Å²) in [6, 6.07) is 0. The van der Waals surface area contributed by atoms with Crippen molar-refractivity contribution in [2.24, 2.45) is 0 Å². The summed E-state index contributed by atoms with van der Waals surface area (Å²) in [6.45, 7) is 6.36. The first-order valence-corrected chi connectivity index (χ1v) is 5.00. The zero-order valence-corrected chi connectivity index (χ0v) is 8.30. The van der Waals surface area contributed by atoms with E-state index in [1.54, 1.807) is 6.92 Å². The van der Waals surface area contributed by atoms with Crippen LogP contribution in [0.4, 0.5) is 0 Å². The van der Waals surface area contributed by atoms with E-state index in [-0.39, 0.29) is 12.0 Å². The summed E-state index contributed by atoms with van der Waals surface area (Å²) in [7, 11) is -4.58. The largest absolute Gasteiger partial charge is 0.398 e. The Hall–Kier alpha value is -0.720. The van der Waals surface area contributed by atoms with Gasteiger partial charge < -0.3 is 0 Å². The summed E-state index contributed by atoms with van der Waals surface area (Å²) in [5, 5.41) is 0. The van der Waals surface area contributed by atoms with Crippen LogP contribution in [0, 0.1) is 0 Å². The monoisotopic (exact) mass is 208 g/mol. The summed E-state index contributed by atoms with van der Waals surface area (Å²) < 4.78 is 33.0. The SMILES string of the molecule is C=C(C)C(=O)C(CC)OS(=O)(=O)O. The van der Waals surface area contributed by atoms with E-state index in [9.17, 15) is 13.2 Å². The molecule has 0 heterocycles. The molecule has 0 aliphatic rings. The number of carbonyl (C=O) groups is 1. The van der Waals surface area contributed by atoms with Crippen LogP contribution in [0.3, 0.4) is 0 Å². The minimum absolute atomic E-state index is 0.158. The third kappa shape index (κ3) is 4.76. The van der Waals surface area contributed by atoms with Gasteiger partial charge in [-0.1, -0.05) is 13.5 Å². The standard InChI is InChI=1S/C7H12O5S/c1-4-6(7(8)5(2)3)12-13(9,10)11/h6H,2,4H2,1,3H3,(H,9,10,11). The van der Waals surface area contributed by atoms with Gasteiger partial charge in [0.25, 0.3) is 0 Å². The van der Waals surface area contributed by atoms with Crippen LogP contribution < -0.4 is 0 Å². The molecule has 0 rings (SSSR count). The molecule has 6 heteroatoms. The van der Waals surface area contributed by atoms with Crippen LogP contribution in [0.25, 0.3) is 0 Å². The van der Waals surface area contributed by atoms with E-state index < -0.39 is 22.3 Å². The number of Topliss-reactive ketones (excluding diaryl/α,β-unsaturated/α-hetero) is 1. The number of hydrogen-bond donors (Lipinski definition) is 1. The van der Waals surface area contributed by atoms with E-state index >= 15 is 0 Å². The van der Waals surface area contributed by atoms with Crippen LogP contribution in [-0.4, -0.2) is 24.9 Å². The number of hydrogen-bond acceptors (Lipinski definition) is 4. The maximum atomic E-state index is 11.2. The lowest BCUT2D eigenvalue weighted by molar-refractivity contribution is -0.122. The third-order valence-corrected chi connectivity index (χ3v) is 1.80. The molecule has 0 aliphatic carbocycles. The molecule has 0 aliphatic heterocycles. The maximum Gasteiger partial charge on any atom is 0.398 e. The summed E-state index contributed by atoms with van der Waals surface area (Å²) >= 11 is 0. The highest BCUT2D eigenvalue weighted by Crippen LogP contribution is 2.08. The van der Waals surface area contributed by atoms with E-state index in [0.29, 0.717) is 0 Å². The topological polar surface area (TPSA) is 80.7 Å². The fourth-order valence-corrected chi connectivity index (χ4v) is 1.24. The van der Waals surface area contributed by atoms with Crippen molar-refractivity contribution in [2.45, 2.75) is 26.4 Å². The second-order valence-corrected chi connectivity index (χ2v) is 3.61. The molecule has 0 spiro atoms. The van der Waals surface area contributed by atoms with Crippen molar-refractivity contribution >= 4 is 16.2 Å². The Kier molecular flexibility index (Phi) is 4.25. The van der Waals surface area contributed by atoms with Crippen molar-refractivity contribution in [1.29, 1.82) is 0 Å². The smallest absolute Gasteiger partial charge is 0.292 e. The first-order valence-electron chi connectivity index (χ1n) is 3.63. The third-order valence-electron chi connectivity index (χ3n) is 1.32. The molecule has 0 saturated carbocycles. The van der Waals surface area contributed by atoms with Crippen molar-refractivity contribution in [3.8, 4) is 0 Å². The number of ketones is 1. The van der Waals surface area contributed by atoms with Crippen molar-refractivity contribution in [2.75, 3.05) is 0 Å².